The highest BCUT2D eigenvalue weighted by molar-refractivity contribution is 5.96. The number of carbonyl (C=O) groups is 3. The molecule has 0 aromatic carbocycles. The molecular formula is C35H54N2O8. The van der Waals surface area contributed by atoms with Gasteiger partial charge in [-0.25, -0.2) is 0 Å². The summed E-state index contributed by atoms with van der Waals surface area (Å²) in [4.78, 5) is 38.7. The minimum Gasteiger partial charge on any atom is -0.481 e. The second-order valence-electron chi connectivity index (χ2n) is 16.4. The summed E-state index contributed by atoms with van der Waals surface area (Å²) >= 11 is 0. The summed E-state index contributed by atoms with van der Waals surface area (Å²) in [7, 11) is 0. The molecule has 0 radical (unpaired) electrons. The van der Waals surface area contributed by atoms with Crippen molar-refractivity contribution in [2.75, 3.05) is 13.2 Å². The van der Waals surface area contributed by atoms with Crippen molar-refractivity contribution in [1.82, 2.24) is 0 Å². The van der Waals surface area contributed by atoms with Gasteiger partial charge in [0.1, 0.15) is 24.5 Å². The number of carboxylic acids is 1. The predicted molar refractivity (Wildman–Crippen MR) is 167 cm³/mol. The van der Waals surface area contributed by atoms with E-state index in [1.54, 1.807) is 0 Å². The third-order valence-corrected chi connectivity index (χ3v) is 14.1. The number of carboxylic acid groups (broad SMARTS) is 1. The monoisotopic (exact) mass is 630 g/mol. The Bertz CT molecular complexity index is 1300. The van der Waals surface area contributed by atoms with Crippen molar-refractivity contribution >= 4 is 23.7 Å². The Morgan fingerprint density at radius 2 is 1.76 bits per heavy atom. The average Bonchev–Trinajstić information content (AvgIpc) is 2.94. The number of nitrogens with two attached hydrogens (primary N) is 1. The van der Waals surface area contributed by atoms with Crippen LogP contribution in [-0.4, -0.2) is 59.5 Å². The zero-order valence-corrected chi connectivity index (χ0v) is 28.4. The molecule has 5 rings (SSSR count). The zero-order chi connectivity index (χ0) is 33.3. The molecule has 0 amide bonds. The Morgan fingerprint density at radius 3 is 2.36 bits per heavy atom. The number of rotatable bonds is 7. The lowest BCUT2D eigenvalue weighted by Crippen LogP contribution is -2.70. The third kappa shape index (κ3) is 4.82. The molecule has 0 unspecified atom stereocenters. The fourth-order valence-electron chi connectivity index (χ4n) is 11.5. The van der Waals surface area contributed by atoms with Crippen molar-refractivity contribution in [2.45, 2.75) is 113 Å². The standard InChI is InChI=1S/C35H54N2O8/c1-19(2)20(3)31(5)13-14-33(7)22-9-10-25-32(6)17-43-18-35(25,23(22)11-12-34(33,8)28(31)30(40)41)16-24(44-21(4)38)29(32)45-27(39)15-26(36)37-42/h11,19-20,22,24-25,28-29,42H,9-10,12-18H2,1-8H3,(H2,36,37)(H,40,41)/t20-,22+,24-,25+,28-,29+,31-,32+,33-,34+,35+/m1/s1. The van der Waals surface area contributed by atoms with E-state index in [4.69, 9.17) is 25.2 Å². The van der Waals surface area contributed by atoms with Gasteiger partial charge in [0.2, 0.25) is 0 Å². The fraction of sp³-hybridized carbons (Fsp3) is 0.829. The number of allylic oxidation sites excluding steroid dienone is 1. The van der Waals surface area contributed by atoms with Crippen molar-refractivity contribution < 1.29 is 38.9 Å². The summed E-state index contributed by atoms with van der Waals surface area (Å²) in [5.41, 5.74) is 4.83. The molecule has 1 heterocycles. The molecule has 4 N–H and O–H groups in total. The molecule has 5 aliphatic rings. The molecule has 11 atom stereocenters. The van der Waals surface area contributed by atoms with Crippen LogP contribution in [0.4, 0.5) is 0 Å². The van der Waals surface area contributed by atoms with Crippen molar-refractivity contribution in [3.63, 3.8) is 0 Å². The zero-order valence-electron chi connectivity index (χ0n) is 28.4. The van der Waals surface area contributed by atoms with Gasteiger partial charge in [0, 0.05) is 17.8 Å². The SMILES string of the molecule is CC(=O)O[C@@H]1C[C@@]23COC[C@@](C)([C@@H]2CC[C@H]2C3=CC[C@@]3(C)[C@H](C(=O)O)[C@@](C)([C@H](C)C(C)C)CC[C@]23C)[C@H]1OC(=O)C/C(N)=N\O. The topological polar surface area (TPSA) is 158 Å². The molecule has 3 saturated carbocycles. The highest BCUT2D eigenvalue weighted by Crippen LogP contribution is 2.75. The van der Waals surface area contributed by atoms with E-state index in [0.29, 0.717) is 32.0 Å². The van der Waals surface area contributed by atoms with Gasteiger partial charge in [-0.1, -0.05) is 65.3 Å². The molecule has 0 aromatic rings. The van der Waals surface area contributed by atoms with Crippen LogP contribution >= 0.6 is 0 Å². The van der Waals surface area contributed by atoms with Gasteiger partial charge in [-0.2, -0.15) is 0 Å². The van der Waals surface area contributed by atoms with Crippen molar-refractivity contribution in [2.24, 2.45) is 67.6 Å². The van der Waals surface area contributed by atoms with Gasteiger partial charge in [0.25, 0.3) is 0 Å². The summed E-state index contributed by atoms with van der Waals surface area (Å²) in [5, 5.41) is 22.8. The number of amidine groups is 1. The van der Waals surface area contributed by atoms with Crippen LogP contribution in [-0.2, 0) is 28.6 Å². The van der Waals surface area contributed by atoms with Crippen LogP contribution in [0.3, 0.4) is 0 Å². The first-order chi connectivity index (χ1) is 20.9. The highest BCUT2D eigenvalue weighted by Gasteiger charge is 2.72. The maximum Gasteiger partial charge on any atom is 0.314 e. The second kappa shape index (κ2) is 11.3. The van der Waals surface area contributed by atoms with Gasteiger partial charge in [0.15, 0.2) is 0 Å². The lowest BCUT2D eigenvalue weighted by Gasteiger charge is -2.71. The molecule has 45 heavy (non-hydrogen) atoms. The molecule has 2 bridgehead atoms. The van der Waals surface area contributed by atoms with Gasteiger partial charge in [0.05, 0.1) is 19.1 Å². The number of aliphatic carboxylic acids is 1. The van der Waals surface area contributed by atoms with E-state index in [9.17, 15) is 19.5 Å². The van der Waals surface area contributed by atoms with E-state index in [-0.39, 0.29) is 40.8 Å². The molecule has 1 aliphatic heterocycles. The second-order valence-corrected chi connectivity index (χ2v) is 16.4. The van der Waals surface area contributed by atoms with Gasteiger partial charge in [-0.15, -0.1) is 0 Å². The Morgan fingerprint density at radius 1 is 1.07 bits per heavy atom. The summed E-state index contributed by atoms with van der Waals surface area (Å²) in [6.45, 7) is 17.7. The van der Waals surface area contributed by atoms with Gasteiger partial charge >= 0.3 is 17.9 Å². The number of carbonyl (C=O) groups excluding carboxylic acids is 2. The number of hydrogen-bond acceptors (Lipinski definition) is 8. The summed E-state index contributed by atoms with van der Waals surface area (Å²) in [6, 6.07) is 0. The van der Waals surface area contributed by atoms with E-state index in [1.165, 1.54) is 12.5 Å². The number of ether oxygens (including phenoxy) is 3. The highest BCUT2D eigenvalue weighted by atomic mass is 16.6. The number of nitrogens with zero attached hydrogens (tertiary/aromatic N) is 1. The minimum absolute atomic E-state index is 0.104. The maximum absolute atomic E-state index is 13.3. The summed E-state index contributed by atoms with van der Waals surface area (Å²) in [5.74, 6) is -1.63. The fourth-order valence-corrected chi connectivity index (χ4v) is 11.5. The first-order valence-corrected chi connectivity index (χ1v) is 16.8. The van der Waals surface area contributed by atoms with Crippen molar-refractivity contribution in [3.8, 4) is 0 Å². The Hall–Kier alpha value is -2.62. The first kappa shape index (κ1) is 33.7. The number of fused-ring (bicyclic) bond motifs is 3. The van der Waals surface area contributed by atoms with Crippen LogP contribution in [0.5, 0.6) is 0 Å². The van der Waals surface area contributed by atoms with E-state index in [2.05, 4.69) is 59.7 Å². The minimum atomic E-state index is -0.760. The van der Waals surface area contributed by atoms with Crippen LogP contribution in [0.2, 0.25) is 0 Å². The van der Waals surface area contributed by atoms with Crippen LogP contribution in [0.15, 0.2) is 16.8 Å². The molecule has 0 spiro atoms. The van der Waals surface area contributed by atoms with Crippen LogP contribution in [0.25, 0.3) is 0 Å². The summed E-state index contributed by atoms with van der Waals surface area (Å²) < 4.78 is 18.4. The predicted octanol–water partition coefficient (Wildman–Crippen LogP) is 5.55. The van der Waals surface area contributed by atoms with Crippen LogP contribution in [0, 0.1) is 56.7 Å². The Kier molecular flexibility index (Phi) is 8.45. The third-order valence-electron chi connectivity index (χ3n) is 14.1. The Balaban J connectivity index is 1.58. The van der Waals surface area contributed by atoms with E-state index < -0.39 is 52.3 Å². The lowest BCUT2D eigenvalue weighted by atomic mass is 9.34. The largest absolute Gasteiger partial charge is 0.481 e. The molecule has 4 aliphatic carbocycles. The van der Waals surface area contributed by atoms with Crippen LogP contribution in [0.1, 0.15) is 100 Å². The van der Waals surface area contributed by atoms with Gasteiger partial charge < -0.3 is 30.3 Å². The lowest BCUT2D eigenvalue weighted by molar-refractivity contribution is -0.262. The number of hydrogen-bond donors (Lipinski definition) is 3. The molecule has 0 aromatic heterocycles. The quantitative estimate of drug-likeness (QED) is 0.0818. The van der Waals surface area contributed by atoms with E-state index >= 15 is 0 Å². The van der Waals surface area contributed by atoms with Gasteiger partial charge in [-0.3, -0.25) is 14.4 Å². The molecular weight excluding hydrogens is 576 g/mol. The molecule has 10 heteroatoms. The maximum atomic E-state index is 13.3. The molecule has 10 nitrogen and oxygen atoms in total. The molecule has 1 saturated heterocycles. The van der Waals surface area contributed by atoms with Crippen molar-refractivity contribution in [1.29, 1.82) is 0 Å². The van der Waals surface area contributed by atoms with E-state index in [0.717, 1.165) is 25.7 Å². The Labute approximate surface area is 267 Å². The normalized spacial score (nSPS) is 44.9. The van der Waals surface area contributed by atoms with E-state index in [1.807, 2.05) is 0 Å². The van der Waals surface area contributed by atoms with Gasteiger partial charge in [-0.05, 0) is 78.4 Å². The smallest absolute Gasteiger partial charge is 0.314 e. The molecule has 252 valence electrons. The number of esters is 2. The van der Waals surface area contributed by atoms with Crippen molar-refractivity contribution in [3.05, 3.63) is 11.6 Å². The summed E-state index contributed by atoms with van der Waals surface area (Å²) in [6.07, 6.45) is 5.20. The van der Waals surface area contributed by atoms with Crippen LogP contribution < -0.4 is 5.73 Å². The number of oxime groups is 1. The first-order valence-electron chi connectivity index (χ1n) is 16.8. The average molecular weight is 631 g/mol. The molecule has 4 fully saturated rings.